The number of rotatable bonds is 27. The van der Waals surface area contributed by atoms with E-state index >= 15 is 0 Å². The van der Waals surface area contributed by atoms with Crippen molar-refractivity contribution in [1.82, 2.24) is 0 Å². The Bertz CT molecular complexity index is 733. The summed E-state index contributed by atoms with van der Waals surface area (Å²) < 4.78 is 0. The summed E-state index contributed by atoms with van der Waals surface area (Å²) in [6, 6.07) is 2.64. The molecule has 0 nitrogen and oxygen atoms in total. The molecule has 0 amide bonds. The van der Waals surface area contributed by atoms with Crippen LogP contribution in [0, 0.1) is 6.92 Å². The monoisotopic (exact) mass is 569 g/mol. The van der Waals surface area contributed by atoms with Gasteiger partial charge in [-0.15, -0.1) is 0 Å². The highest BCUT2D eigenvalue weighted by Gasteiger charge is 2.23. The second kappa shape index (κ2) is 24.6. The summed E-state index contributed by atoms with van der Waals surface area (Å²) in [6.07, 6.45) is 37.9. The maximum Gasteiger partial charge on any atom is -0.0129 e. The molecule has 0 saturated carbocycles. The van der Waals surface area contributed by atoms with Gasteiger partial charge >= 0.3 is 0 Å². The van der Waals surface area contributed by atoms with Crippen molar-refractivity contribution in [2.75, 3.05) is 0 Å². The van der Waals surface area contributed by atoms with Crippen molar-refractivity contribution in [1.29, 1.82) is 0 Å². The SMILES string of the molecule is CCCCCCCCCCCCCc1c(C(C)(C)C)cc(CCCC)c(C)c1CCCCCCCCCCCCC. The normalized spacial score (nSPS) is 12.0. The summed E-state index contributed by atoms with van der Waals surface area (Å²) in [6.45, 7) is 16.8. The van der Waals surface area contributed by atoms with Crippen LogP contribution in [-0.4, -0.2) is 0 Å². The lowest BCUT2D eigenvalue weighted by atomic mass is 9.76. The second-order valence-corrected chi connectivity index (χ2v) is 14.6. The lowest BCUT2D eigenvalue weighted by molar-refractivity contribution is 0.542. The average molecular weight is 569 g/mol. The van der Waals surface area contributed by atoms with Gasteiger partial charge in [0.1, 0.15) is 0 Å². The Morgan fingerprint density at radius 3 is 1.12 bits per heavy atom. The van der Waals surface area contributed by atoms with Crippen molar-refractivity contribution in [3.63, 3.8) is 0 Å². The van der Waals surface area contributed by atoms with Gasteiger partial charge in [-0.05, 0) is 78.7 Å². The molecule has 0 saturated heterocycles. The standard InChI is InChI=1S/C41H76/c1-8-11-14-16-18-20-22-24-26-28-30-33-38-36(4)37(32-13-10-3)35-40(41(5,6)7)39(38)34-31-29-27-25-23-21-19-17-15-12-9-2/h35H,8-34H2,1-7H3. The van der Waals surface area contributed by atoms with Crippen LogP contribution in [0.15, 0.2) is 6.07 Å². The van der Waals surface area contributed by atoms with E-state index in [1.807, 2.05) is 0 Å². The van der Waals surface area contributed by atoms with Gasteiger partial charge in [-0.25, -0.2) is 0 Å². The Balaban J connectivity index is 2.68. The minimum absolute atomic E-state index is 0.230. The molecule has 240 valence electrons. The highest BCUT2D eigenvalue weighted by molar-refractivity contribution is 5.48. The zero-order chi connectivity index (χ0) is 30.2. The average Bonchev–Trinajstić information content (AvgIpc) is 2.94. The van der Waals surface area contributed by atoms with Crippen LogP contribution in [0.2, 0.25) is 0 Å². The first-order valence-electron chi connectivity index (χ1n) is 19.0. The van der Waals surface area contributed by atoms with E-state index in [2.05, 4.69) is 54.5 Å². The third-order valence-electron chi connectivity index (χ3n) is 9.61. The highest BCUT2D eigenvalue weighted by atomic mass is 14.3. The predicted octanol–water partition coefficient (Wildman–Crippen LogP) is 14.3. The van der Waals surface area contributed by atoms with Gasteiger partial charge in [-0.3, -0.25) is 0 Å². The van der Waals surface area contributed by atoms with Crippen LogP contribution in [0.25, 0.3) is 0 Å². The van der Waals surface area contributed by atoms with Crippen LogP contribution in [-0.2, 0) is 24.7 Å². The first kappa shape index (κ1) is 38.2. The van der Waals surface area contributed by atoms with Crippen LogP contribution in [0.1, 0.15) is 223 Å². The third-order valence-corrected chi connectivity index (χ3v) is 9.61. The summed E-state index contributed by atoms with van der Waals surface area (Å²) in [4.78, 5) is 0. The molecule has 0 aliphatic heterocycles. The van der Waals surface area contributed by atoms with Gasteiger partial charge in [0.05, 0.1) is 0 Å². The van der Waals surface area contributed by atoms with Crippen LogP contribution in [0.4, 0.5) is 0 Å². The maximum absolute atomic E-state index is 2.64. The van der Waals surface area contributed by atoms with E-state index in [1.165, 1.54) is 173 Å². The van der Waals surface area contributed by atoms with E-state index in [9.17, 15) is 0 Å². The lowest BCUT2D eigenvalue weighted by Gasteiger charge is -2.29. The van der Waals surface area contributed by atoms with Crippen LogP contribution < -0.4 is 0 Å². The molecule has 1 aromatic carbocycles. The van der Waals surface area contributed by atoms with Gasteiger partial charge in [-0.1, -0.05) is 182 Å². The Hall–Kier alpha value is -0.780. The van der Waals surface area contributed by atoms with Crippen LogP contribution >= 0.6 is 0 Å². The van der Waals surface area contributed by atoms with Gasteiger partial charge in [0, 0.05) is 0 Å². The molecular weight excluding hydrogens is 492 g/mol. The van der Waals surface area contributed by atoms with E-state index in [0.29, 0.717) is 0 Å². The fourth-order valence-electron chi connectivity index (χ4n) is 6.80. The summed E-state index contributed by atoms with van der Waals surface area (Å²) >= 11 is 0. The molecule has 0 aliphatic carbocycles. The molecule has 0 fully saturated rings. The van der Waals surface area contributed by atoms with Gasteiger partial charge in [0.2, 0.25) is 0 Å². The molecule has 0 unspecified atom stereocenters. The van der Waals surface area contributed by atoms with Crippen molar-refractivity contribution < 1.29 is 0 Å². The number of hydrogen-bond donors (Lipinski definition) is 0. The fraction of sp³-hybridized carbons (Fsp3) is 0.854. The predicted molar refractivity (Wildman–Crippen MR) is 189 cm³/mol. The Labute approximate surface area is 260 Å². The quantitative estimate of drug-likeness (QED) is 0.0926. The van der Waals surface area contributed by atoms with Gasteiger partial charge < -0.3 is 0 Å². The van der Waals surface area contributed by atoms with E-state index in [-0.39, 0.29) is 5.41 Å². The smallest absolute Gasteiger partial charge is 0.0129 e. The first-order chi connectivity index (χ1) is 19.9. The summed E-state index contributed by atoms with van der Waals surface area (Å²) in [5.41, 5.74) is 8.70. The Morgan fingerprint density at radius 2 is 0.756 bits per heavy atom. The Morgan fingerprint density at radius 1 is 0.415 bits per heavy atom. The summed E-state index contributed by atoms with van der Waals surface area (Å²) in [5, 5.41) is 0. The summed E-state index contributed by atoms with van der Waals surface area (Å²) in [7, 11) is 0. The van der Waals surface area contributed by atoms with Crippen LogP contribution in [0.5, 0.6) is 0 Å². The zero-order valence-electron chi connectivity index (χ0n) is 29.7. The molecule has 0 N–H and O–H groups in total. The molecule has 0 heteroatoms. The number of benzene rings is 1. The lowest BCUT2D eigenvalue weighted by Crippen LogP contribution is -2.18. The zero-order valence-corrected chi connectivity index (χ0v) is 29.7. The van der Waals surface area contributed by atoms with Gasteiger partial charge in [0.25, 0.3) is 0 Å². The topological polar surface area (TPSA) is 0 Å². The number of aryl methyl sites for hydroxylation is 1. The molecule has 1 aromatic rings. The molecule has 0 heterocycles. The molecule has 0 atom stereocenters. The van der Waals surface area contributed by atoms with Crippen molar-refractivity contribution in [3.05, 3.63) is 33.9 Å². The second-order valence-electron chi connectivity index (χ2n) is 14.6. The minimum Gasteiger partial charge on any atom is -0.0654 e. The largest absolute Gasteiger partial charge is 0.0654 e. The number of unbranched alkanes of at least 4 members (excludes halogenated alkanes) is 21. The summed E-state index contributed by atoms with van der Waals surface area (Å²) in [5.74, 6) is 0. The third kappa shape index (κ3) is 17.8. The van der Waals surface area contributed by atoms with Gasteiger partial charge in [0.15, 0.2) is 0 Å². The molecule has 0 aromatic heterocycles. The molecule has 1 rings (SSSR count). The molecule has 0 aliphatic rings. The fourth-order valence-corrected chi connectivity index (χ4v) is 6.80. The van der Waals surface area contributed by atoms with E-state index < -0.39 is 0 Å². The molecule has 0 radical (unpaired) electrons. The number of hydrogen-bond acceptors (Lipinski definition) is 0. The molecule has 0 spiro atoms. The molecule has 41 heavy (non-hydrogen) atoms. The van der Waals surface area contributed by atoms with Crippen molar-refractivity contribution >= 4 is 0 Å². The van der Waals surface area contributed by atoms with E-state index in [0.717, 1.165) is 0 Å². The van der Waals surface area contributed by atoms with E-state index in [4.69, 9.17) is 0 Å². The minimum atomic E-state index is 0.230. The van der Waals surface area contributed by atoms with Crippen molar-refractivity contribution in [2.45, 2.75) is 227 Å². The van der Waals surface area contributed by atoms with Crippen molar-refractivity contribution in [3.8, 4) is 0 Å². The molecule has 0 bridgehead atoms. The molecular formula is C41H76. The van der Waals surface area contributed by atoms with Crippen molar-refractivity contribution in [2.24, 2.45) is 0 Å². The van der Waals surface area contributed by atoms with Gasteiger partial charge in [-0.2, -0.15) is 0 Å². The Kier molecular flexibility index (Phi) is 23.0. The highest BCUT2D eigenvalue weighted by Crippen LogP contribution is 2.35. The van der Waals surface area contributed by atoms with Crippen LogP contribution in [0.3, 0.4) is 0 Å². The maximum atomic E-state index is 2.64. The first-order valence-corrected chi connectivity index (χ1v) is 19.0. The van der Waals surface area contributed by atoms with E-state index in [1.54, 1.807) is 27.8 Å².